The SMILES string of the molecule is C=CCOC(=O)OOOCCCC. The van der Waals surface area contributed by atoms with Gasteiger partial charge in [-0.3, -0.25) is 0 Å². The zero-order valence-electron chi connectivity index (χ0n) is 7.65. The van der Waals surface area contributed by atoms with Crippen LogP contribution in [0.5, 0.6) is 0 Å². The molecule has 0 amide bonds. The molecule has 0 aliphatic rings. The fourth-order valence-electron chi connectivity index (χ4n) is 0.440. The van der Waals surface area contributed by atoms with E-state index < -0.39 is 6.16 Å². The van der Waals surface area contributed by atoms with Gasteiger partial charge in [-0.05, 0) is 11.5 Å². The van der Waals surface area contributed by atoms with Crippen molar-refractivity contribution in [3.05, 3.63) is 12.7 Å². The quantitative estimate of drug-likeness (QED) is 0.202. The molecule has 0 saturated heterocycles. The molecule has 0 aromatic rings. The van der Waals surface area contributed by atoms with Crippen molar-refractivity contribution in [3.63, 3.8) is 0 Å². The number of hydrogen-bond donors (Lipinski definition) is 0. The van der Waals surface area contributed by atoms with E-state index in [0.717, 1.165) is 12.8 Å². The molecule has 5 nitrogen and oxygen atoms in total. The Morgan fingerprint density at radius 1 is 1.54 bits per heavy atom. The van der Waals surface area contributed by atoms with Gasteiger partial charge in [0.1, 0.15) is 6.61 Å². The van der Waals surface area contributed by atoms with Crippen molar-refractivity contribution >= 4 is 6.16 Å². The van der Waals surface area contributed by atoms with Crippen LogP contribution in [0, 0.1) is 0 Å². The van der Waals surface area contributed by atoms with Gasteiger partial charge in [-0.15, -0.1) is 0 Å². The normalized spacial score (nSPS) is 9.31. The molecule has 0 aliphatic heterocycles. The fourth-order valence-corrected chi connectivity index (χ4v) is 0.440. The number of hydrogen-bond acceptors (Lipinski definition) is 5. The minimum absolute atomic E-state index is 0.0805. The molecule has 0 N–H and O–H groups in total. The van der Waals surface area contributed by atoms with Crippen LogP contribution in [-0.2, 0) is 19.6 Å². The van der Waals surface area contributed by atoms with Crippen molar-refractivity contribution in [2.24, 2.45) is 0 Å². The molecule has 0 rings (SSSR count). The number of carbonyl (C=O) groups excluding carboxylic acids is 1. The van der Waals surface area contributed by atoms with Crippen LogP contribution in [0.2, 0.25) is 0 Å². The summed E-state index contributed by atoms with van der Waals surface area (Å²) in [5.74, 6) is 0. The highest BCUT2D eigenvalue weighted by atomic mass is 17.5. The summed E-state index contributed by atoms with van der Waals surface area (Å²) in [6, 6.07) is 0. The lowest BCUT2D eigenvalue weighted by Crippen LogP contribution is -2.08. The number of carbonyl (C=O) groups is 1. The van der Waals surface area contributed by atoms with E-state index in [4.69, 9.17) is 0 Å². The maximum Gasteiger partial charge on any atom is 0.542 e. The molecule has 0 saturated carbocycles. The Morgan fingerprint density at radius 2 is 2.31 bits per heavy atom. The summed E-state index contributed by atoms with van der Waals surface area (Å²) in [5, 5.41) is 4.09. The van der Waals surface area contributed by atoms with Gasteiger partial charge in [0, 0.05) is 0 Å². The summed E-state index contributed by atoms with van der Waals surface area (Å²) >= 11 is 0. The lowest BCUT2D eigenvalue weighted by molar-refractivity contribution is -0.486. The lowest BCUT2D eigenvalue weighted by Gasteiger charge is -2.01. The third-order valence-corrected chi connectivity index (χ3v) is 1.05. The summed E-state index contributed by atoms with van der Waals surface area (Å²) in [7, 11) is 0. The van der Waals surface area contributed by atoms with Gasteiger partial charge in [0.05, 0.1) is 6.61 Å². The van der Waals surface area contributed by atoms with E-state index in [2.05, 4.69) is 26.1 Å². The van der Waals surface area contributed by atoms with E-state index in [1.54, 1.807) is 0 Å². The van der Waals surface area contributed by atoms with Crippen molar-refractivity contribution in [1.82, 2.24) is 0 Å². The predicted octanol–water partition coefficient (Wildman–Crippen LogP) is 1.99. The third kappa shape index (κ3) is 8.84. The van der Waals surface area contributed by atoms with E-state index in [-0.39, 0.29) is 6.61 Å². The molecule has 13 heavy (non-hydrogen) atoms. The first kappa shape index (κ1) is 11.9. The first-order valence-corrected chi connectivity index (χ1v) is 4.05. The van der Waals surface area contributed by atoms with E-state index in [1.165, 1.54) is 6.08 Å². The minimum atomic E-state index is -0.948. The second-order valence-corrected chi connectivity index (χ2v) is 2.18. The predicted molar refractivity (Wildman–Crippen MR) is 44.6 cm³/mol. The van der Waals surface area contributed by atoms with Crippen LogP contribution in [0.1, 0.15) is 19.8 Å². The molecular formula is C8H14O5. The maximum absolute atomic E-state index is 10.5. The van der Waals surface area contributed by atoms with Crippen LogP contribution in [0.15, 0.2) is 12.7 Å². The van der Waals surface area contributed by atoms with E-state index >= 15 is 0 Å². The number of ether oxygens (including phenoxy) is 1. The molecule has 0 bridgehead atoms. The smallest absolute Gasteiger partial charge is 0.428 e. The molecule has 0 aliphatic carbocycles. The largest absolute Gasteiger partial charge is 0.542 e. The van der Waals surface area contributed by atoms with Crippen LogP contribution >= 0.6 is 0 Å². The van der Waals surface area contributed by atoms with Gasteiger partial charge in [0.25, 0.3) is 0 Å². The standard InChI is InChI=1S/C8H14O5/c1-3-5-7-11-13-12-8(9)10-6-4-2/h4H,2-3,5-7H2,1H3. The van der Waals surface area contributed by atoms with Crippen LogP contribution in [0.25, 0.3) is 0 Å². The highest BCUT2D eigenvalue weighted by molar-refractivity contribution is 5.58. The maximum atomic E-state index is 10.5. The van der Waals surface area contributed by atoms with E-state index in [1.807, 2.05) is 6.92 Å². The molecule has 0 aromatic heterocycles. The van der Waals surface area contributed by atoms with Crippen LogP contribution in [0.3, 0.4) is 0 Å². The van der Waals surface area contributed by atoms with Crippen molar-refractivity contribution in [1.29, 1.82) is 0 Å². The molecule has 5 heteroatoms. The Bertz CT molecular complexity index is 145. The summed E-state index contributed by atoms with van der Waals surface area (Å²) < 4.78 is 4.41. The molecule has 0 atom stereocenters. The highest BCUT2D eigenvalue weighted by Crippen LogP contribution is 1.91. The molecule has 76 valence electrons. The Balaban J connectivity index is 3.12. The highest BCUT2D eigenvalue weighted by Gasteiger charge is 2.03. The van der Waals surface area contributed by atoms with E-state index in [9.17, 15) is 4.79 Å². The Labute approximate surface area is 77.1 Å². The minimum Gasteiger partial charge on any atom is -0.428 e. The molecule has 0 aromatic carbocycles. The van der Waals surface area contributed by atoms with Crippen molar-refractivity contribution in [2.75, 3.05) is 13.2 Å². The van der Waals surface area contributed by atoms with Crippen LogP contribution in [0.4, 0.5) is 4.79 Å². The molecular weight excluding hydrogens is 176 g/mol. The monoisotopic (exact) mass is 190 g/mol. The van der Waals surface area contributed by atoms with Crippen LogP contribution in [-0.4, -0.2) is 19.4 Å². The van der Waals surface area contributed by atoms with Crippen molar-refractivity contribution in [2.45, 2.75) is 19.8 Å². The summed E-state index contributed by atoms with van der Waals surface area (Å²) in [6.45, 7) is 5.81. The molecule has 0 spiro atoms. The Kier molecular flexibility index (Phi) is 8.28. The van der Waals surface area contributed by atoms with Crippen molar-refractivity contribution < 1.29 is 24.3 Å². The van der Waals surface area contributed by atoms with E-state index in [0.29, 0.717) is 6.61 Å². The molecule has 0 radical (unpaired) electrons. The van der Waals surface area contributed by atoms with Gasteiger partial charge in [0.2, 0.25) is 0 Å². The van der Waals surface area contributed by atoms with Gasteiger partial charge < -0.3 is 4.74 Å². The second kappa shape index (κ2) is 9.02. The molecule has 0 unspecified atom stereocenters. The first-order chi connectivity index (χ1) is 6.31. The summed E-state index contributed by atoms with van der Waals surface area (Å²) in [5.41, 5.74) is 0. The molecule has 0 fully saturated rings. The van der Waals surface area contributed by atoms with Gasteiger partial charge in [0.15, 0.2) is 0 Å². The van der Waals surface area contributed by atoms with Crippen molar-refractivity contribution in [3.8, 4) is 0 Å². The second-order valence-electron chi connectivity index (χ2n) is 2.18. The zero-order chi connectivity index (χ0) is 9.94. The number of unbranched alkanes of at least 4 members (excludes halogenated alkanes) is 1. The lowest BCUT2D eigenvalue weighted by atomic mass is 10.4. The van der Waals surface area contributed by atoms with Gasteiger partial charge in [-0.1, -0.05) is 26.0 Å². The van der Waals surface area contributed by atoms with Gasteiger partial charge >= 0.3 is 6.16 Å². The van der Waals surface area contributed by atoms with Gasteiger partial charge in [-0.2, -0.15) is 4.89 Å². The Morgan fingerprint density at radius 3 is 2.92 bits per heavy atom. The third-order valence-electron chi connectivity index (χ3n) is 1.05. The zero-order valence-corrected chi connectivity index (χ0v) is 7.65. The first-order valence-electron chi connectivity index (χ1n) is 4.05. The fraction of sp³-hybridized carbons (Fsp3) is 0.625. The molecule has 0 heterocycles. The van der Waals surface area contributed by atoms with Gasteiger partial charge in [-0.25, -0.2) is 9.68 Å². The topological polar surface area (TPSA) is 54.0 Å². The number of rotatable bonds is 7. The average molecular weight is 190 g/mol. The average Bonchev–Trinajstić information content (AvgIpc) is 2.14. The summed E-state index contributed by atoms with van der Waals surface area (Å²) in [4.78, 5) is 19.1. The van der Waals surface area contributed by atoms with Crippen LogP contribution < -0.4 is 0 Å². The summed E-state index contributed by atoms with van der Waals surface area (Å²) in [6.07, 6.45) is 2.28. The Hall–Kier alpha value is -1.07.